The van der Waals surface area contributed by atoms with E-state index in [1.54, 1.807) is 26.0 Å². The monoisotopic (exact) mass is 344 g/mol. The third-order valence-electron chi connectivity index (χ3n) is 4.21. The molecule has 3 aromatic rings. The molecule has 0 aliphatic carbocycles. The smallest absolute Gasteiger partial charge is 0.264 e. The highest BCUT2D eigenvalue weighted by molar-refractivity contribution is 7.93. The summed E-state index contributed by atoms with van der Waals surface area (Å²) in [5, 5.41) is 5.44. The average molecular weight is 344 g/mol. The van der Waals surface area contributed by atoms with Crippen LogP contribution in [0.15, 0.2) is 45.8 Å². The summed E-state index contributed by atoms with van der Waals surface area (Å²) in [4.78, 5) is 0.232. The van der Waals surface area contributed by atoms with E-state index in [-0.39, 0.29) is 10.8 Å². The van der Waals surface area contributed by atoms with Crippen molar-refractivity contribution in [3.8, 4) is 0 Å². The van der Waals surface area contributed by atoms with E-state index in [9.17, 15) is 8.42 Å². The van der Waals surface area contributed by atoms with Crippen LogP contribution in [0.25, 0.3) is 10.8 Å². The zero-order chi connectivity index (χ0) is 17.5. The van der Waals surface area contributed by atoms with Crippen LogP contribution in [0.1, 0.15) is 36.6 Å². The van der Waals surface area contributed by atoms with Gasteiger partial charge in [0.2, 0.25) is 5.88 Å². The second-order valence-corrected chi connectivity index (χ2v) is 7.83. The molecule has 3 rings (SSSR count). The van der Waals surface area contributed by atoms with E-state index < -0.39 is 10.0 Å². The Hall–Kier alpha value is -2.34. The first-order valence-corrected chi connectivity index (χ1v) is 9.27. The van der Waals surface area contributed by atoms with Crippen LogP contribution in [0.3, 0.4) is 0 Å². The van der Waals surface area contributed by atoms with Crippen molar-refractivity contribution in [1.29, 1.82) is 0 Å². The number of nitrogens with zero attached hydrogens (tertiary/aromatic N) is 1. The van der Waals surface area contributed by atoms with Crippen molar-refractivity contribution in [2.75, 3.05) is 4.72 Å². The van der Waals surface area contributed by atoms with Gasteiger partial charge in [-0.25, -0.2) is 13.1 Å². The molecular formula is C18H20N2O3S. The van der Waals surface area contributed by atoms with E-state index in [2.05, 4.69) is 23.7 Å². The Labute approximate surface area is 141 Å². The molecule has 0 saturated carbocycles. The maximum atomic E-state index is 12.9. The van der Waals surface area contributed by atoms with Gasteiger partial charge in [-0.2, -0.15) is 0 Å². The first-order chi connectivity index (χ1) is 11.3. The molecule has 0 spiro atoms. The molecule has 2 aromatic carbocycles. The SMILES string of the molecule is Cc1noc(NS(=O)(=O)c2cccc3c(C(C)C)cccc23)c1C. The van der Waals surface area contributed by atoms with Gasteiger partial charge < -0.3 is 4.52 Å². The van der Waals surface area contributed by atoms with Crippen LogP contribution >= 0.6 is 0 Å². The van der Waals surface area contributed by atoms with Gasteiger partial charge in [0.25, 0.3) is 10.0 Å². The second-order valence-electron chi connectivity index (χ2n) is 6.18. The summed E-state index contributed by atoms with van der Waals surface area (Å²) in [6, 6.07) is 11.1. The summed E-state index contributed by atoms with van der Waals surface area (Å²) in [5.74, 6) is 0.461. The number of fused-ring (bicyclic) bond motifs is 1. The minimum absolute atomic E-state index is 0.157. The van der Waals surface area contributed by atoms with Gasteiger partial charge in [0.05, 0.1) is 10.6 Å². The molecule has 0 bridgehead atoms. The maximum Gasteiger partial charge on any atom is 0.264 e. The Morgan fingerprint density at radius 2 is 1.71 bits per heavy atom. The van der Waals surface area contributed by atoms with Crippen LogP contribution in [-0.4, -0.2) is 13.6 Å². The molecule has 0 aliphatic heterocycles. The lowest BCUT2D eigenvalue weighted by Gasteiger charge is -2.13. The van der Waals surface area contributed by atoms with Crippen molar-refractivity contribution in [3.63, 3.8) is 0 Å². The number of aryl methyl sites for hydroxylation is 1. The second kappa shape index (κ2) is 5.94. The lowest BCUT2D eigenvalue weighted by Crippen LogP contribution is -2.13. The highest BCUT2D eigenvalue weighted by Crippen LogP contribution is 2.31. The minimum atomic E-state index is -3.78. The van der Waals surface area contributed by atoms with Crippen LogP contribution in [0.5, 0.6) is 0 Å². The molecule has 0 unspecified atom stereocenters. The highest BCUT2D eigenvalue weighted by Gasteiger charge is 2.22. The fraction of sp³-hybridized carbons (Fsp3) is 0.278. The number of hydrogen-bond acceptors (Lipinski definition) is 4. The average Bonchev–Trinajstić information content (AvgIpc) is 2.85. The first kappa shape index (κ1) is 16.5. The van der Waals surface area contributed by atoms with Crippen LogP contribution in [0, 0.1) is 13.8 Å². The molecule has 0 radical (unpaired) electrons. The van der Waals surface area contributed by atoms with Crippen LogP contribution < -0.4 is 4.72 Å². The summed E-state index contributed by atoms with van der Waals surface area (Å²) < 4.78 is 33.3. The molecule has 0 saturated heterocycles. The zero-order valence-electron chi connectivity index (χ0n) is 14.1. The van der Waals surface area contributed by atoms with E-state index in [0.29, 0.717) is 22.6 Å². The number of benzene rings is 2. The Morgan fingerprint density at radius 1 is 1.04 bits per heavy atom. The molecular weight excluding hydrogens is 324 g/mol. The molecule has 24 heavy (non-hydrogen) atoms. The summed E-state index contributed by atoms with van der Waals surface area (Å²) in [6.07, 6.45) is 0. The molecule has 1 aromatic heterocycles. The maximum absolute atomic E-state index is 12.9. The predicted molar refractivity (Wildman–Crippen MR) is 94.8 cm³/mol. The van der Waals surface area contributed by atoms with E-state index in [0.717, 1.165) is 10.9 Å². The fourth-order valence-corrected chi connectivity index (χ4v) is 4.00. The summed E-state index contributed by atoms with van der Waals surface area (Å²) in [7, 11) is -3.78. The van der Waals surface area contributed by atoms with Gasteiger partial charge in [0.15, 0.2) is 0 Å². The number of hydrogen-bond donors (Lipinski definition) is 1. The van der Waals surface area contributed by atoms with Gasteiger partial charge in [0.1, 0.15) is 0 Å². The third kappa shape index (κ3) is 2.78. The Bertz CT molecular complexity index is 1000. The number of aromatic nitrogens is 1. The van der Waals surface area contributed by atoms with Gasteiger partial charge in [-0.1, -0.05) is 49.3 Å². The topological polar surface area (TPSA) is 72.2 Å². The standard InChI is InChI=1S/C18H20N2O3S/c1-11(2)14-7-5-9-16-15(14)8-6-10-17(16)24(21,22)20-18-12(3)13(4)19-23-18/h5-11,20H,1-4H3. The van der Waals surface area contributed by atoms with Gasteiger partial charge in [-0.05, 0) is 36.8 Å². The summed E-state index contributed by atoms with van der Waals surface area (Å²) in [5.41, 5.74) is 2.46. The molecule has 0 amide bonds. The Morgan fingerprint density at radius 3 is 2.33 bits per heavy atom. The van der Waals surface area contributed by atoms with E-state index in [1.165, 1.54) is 0 Å². The zero-order valence-corrected chi connectivity index (χ0v) is 14.9. The van der Waals surface area contributed by atoms with Crippen molar-refractivity contribution >= 4 is 26.7 Å². The summed E-state index contributed by atoms with van der Waals surface area (Å²) >= 11 is 0. The van der Waals surface area contributed by atoms with Crippen LogP contribution in [0.2, 0.25) is 0 Å². The molecule has 1 N–H and O–H groups in total. The molecule has 126 valence electrons. The summed E-state index contributed by atoms with van der Waals surface area (Å²) in [6.45, 7) is 7.72. The van der Waals surface area contributed by atoms with Crippen molar-refractivity contribution in [1.82, 2.24) is 5.16 Å². The van der Waals surface area contributed by atoms with E-state index >= 15 is 0 Å². The van der Waals surface area contributed by atoms with Crippen molar-refractivity contribution in [3.05, 3.63) is 53.2 Å². The van der Waals surface area contributed by atoms with Gasteiger partial charge in [0, 0.05) is 10.9 Å². The number of anilines is 1. The lowest BCUT2D eigenvalue weighted by atomic mass is 9.96. The van der Waals surface area contributed by atoms with Crippen LogP contribution in [0.4, 0.5) is 5.88 Å². The highest BCUT2D eigenvalue weighted by atomic mass is 32.2. The molecule has 5 nitrogen and oxygen atoms in total. The lowest BCUT2D eigenvalue weighted by molar-refractivity contribution is 0.430. The Kier molecular flexibility index (Phi) is 4.09. The van der Waals surface area contributed by atoms with Crippen molar-refractivity contribution < 1.29 is 12.9 Å². The molecule has 1 heterocycles. The van der Waals surface area contributed by atoms with Crippen molar-refractivity contribution in [2.24, 2.45) is 0 Å². The Balaban J connectivity index is 2.15. The number of rotatable bonds is 4. The van der Waals surface area contributed by atoms with Gasteiger partial charge in [-0.3, -0.25) is 0 Å². The van der Waals surface area contributed by atoms with Gasteiger partial charge >= 0.3 is 0 Å². The largest absolute Gasteiger partial charge is 0.337 e. The molecule has 6 heteroatoms. The normalized spacial score (nSPS) is 12.0. The number of sulfonamides is 1. The van der Waals surface area contributed by atoms with Gasteiger partial charge in [-0.15, -0.1) is 0 Å². The van der Waals surface area contributed by atoms with Crippen molar-refractivity contribution in [2.45, 2.75) is 38.5 Å². The molecule has 0 atom stereocenters. The molecule has 0 fully saturated rings. The third-order valence-corrected chi connectivity index (χ3v) is 5.60. The first-order valence-electron chi connectivity index (χ1n) is 7.78. The predicted octanol–water partition coefficient (Wildman–Crippen LogP) is 4.37. The molecule has 0 aliphatic rings. The van der Waals surface area contributed by atoms with E-state index in [4.69, 9.17) is 4.52 Å². The quantitative estimate of drug-likeness (QED) is 0.763. The van der Waals surface area contributed by atoms with Crippen LogP contribution in [-0.2, 0) is 10.0 Å². The fourth-order valence-electron chi connectivity index (χ4n) is 2.73. The van der Waals surface area contributed by atoms with E-state index in [1.807, 2.05) is 24.3 Å². The minimum Gasteiger partial charge on any atom is -0.337 e. The number of nitrogens with one attached hydrogen (secondary N) is 1.